The molecule has 2 aromatic rings. The number of aryl methyl sites for hydroxylation is 1. The number of benzene rings is 1. The zero-order valence-electron chi connectivity index (χ0n) is 9.41. The Morgan fingerprint density at radius 2 is 2.06 bits per heavy atom. The second-order valence-corrected chi connectivity index (χ2v) is 6.62. The maximum atomic E-state index is 13.7. The fourth-order valence-electron chi connectivity index (χ4n) is 1.66. The van der Waals surface area contributed by atoms with Gasteiger partial charge >= 0.3 is 0 Å². The number of aromatic amines is 1. The quantitative estimate of drug-likeness (QED) is 0.881. The van der Waals surface area contributed by atoms with Crippen LogP contribution in [0.2, 0.25) is 0 Å². The first kappa shape index (κ1) is 13.2. The van der Waals surface area contributed by atoms with Gasteiger partial charge in [-0.3, -0.25) is 0 Å². The number of H-pyrrole nitrogens is 1. The van der Waals surface area contributed by atoms with Gasteiger partial charge in [-0.1, -0.05) is 0 Å². The topological polar surface area (TPSA) is 54.9 Å². The van der Waals surface area contributed by atoms with E-state index in [1.54, 1.807) is 0 Å². The number of hydrogen-bond donors (Lipinski definition) is 1. The maximum Gasteiger partial charge on any atom is 0.184 e. The lowest BCUT2D eigenvalue weighted by Crippen LogP contribution is -2.11. The van der Waals surface area contributed by atoms with E-state index in [1.165, 1.54) is 10.6 Å². The molecule has 1 heterocycles. The summed E-state index contributed by atoms with van der Waals surface area (Å²) < 4.78 is 50.5. The number of nitrogens with one attached hydrogen (secondary N) is 1. The van der Waals surface area contributed by atoms with Crippen LogP contribution in [0.3, 0.4) is 0 Å². The lowest BCUT2D eigenvalue weighted by Gasteiger charge is -2.04. The van der Waals surface area contributed by atoms with Crippen LogP contribution in [0.4, 0.5) is 8.78 Å². The number of nitrogens with zero attached hydrogens (tertiary/aromatic N) is 1. The minimum absolute atomic E-state index is 0.0158. The van der Waals surface area contributed by atoms with Crippen molar-refractivity contribution in [2.45, 2.75) is 6.54 Å². The number of aromatic nitrogens is 2. The van der Waals surface area contributed by atoms with Crippen molar-refractivity contribution >= 4 is 33.1 Å². The molecule has 0 bridgehead atoms. The molecule has 0 amide bonds. The van der Waals surface area contributed by atoms with Crippen LogP contribution < -0.4 is 0 Å². The first-order chi connectivity index (χ1) is 8.29. The van der Waals surface area contributed by atoms with Gasteiger partial charge in [-0.2, -0.15) is 0 Å². The minimum atomic E-state index is -3.21. The summed E-state index contributed by atoms with van der Waals surface area (Å²) in [5, 5.41) is 0. The summed E-state index contributed by atoms with van der Waals surface area (Å²) in [6, 6.07) is 2.35. The van der Waals surface area contributed by atoms with Gasteiger partial charge in [-0.05, 0) is 24.4 Å². The van der Waals surface area contributed by atoms with Crippen molar-refractivity contribution < 1.29 is 17.2 Å². The van der Waals surface area contributed by atoms with E-state index < -0.39 is 21.5 Å². The van der Waals surface area contributed by atoms with Gasteiger partial charge in [0.1, 0.15) is 15.4 Å². The lowest BCUT2D eigenvalue weighted by molar-refractivity contribution is 0.511. The largest absolute Gasteiger partial charge is 0.330 e. The molecule has 0 aliphatic heterocycles. The number of sulfone groups is 1. The van der Waals surface area contributed by atoms with Gasteiger partial charge in [0.05, 0.1) is 11.3 Å². The molecule has 0 atom stereocenters. The molecule has 0 saturated heterocycles. The van der Waals surface area contributed by atoms with Gasteiger partial charge in [-0.15, -0.1) is 0 Å². The number of rotatable bonds is 3. The molecule has 0 spiro atoms. The first-order valence-electron chi connectivity index (χ1n) is 5.04. The molecule has 0 aliphatic carbocycles. The number of halogens is 2. The van der Waals surface area contributed by atoms with Crippen molar-refractivity contribution in [3.05, 3.63) is 28.5 Å². The monoisotopic (exact) mass is 292 g/mol. The Bertz CT molecular complexity index is 762. The van der Waals surface area contributed by atoms with E-state index in [2.05, 4.69) is 4.98 Å². The highest BCUT2D eigenvalue weighted by molar-refractivity contribution is 7.90. The van der Waals surface area contributed by atoms with Crippen LogP contribution in [0.5, 0.6) is 0 Å². The molecule has 0 unspecified atom stereocenters. The third-order valence-corrected chi connectivity index (χ3v) is 3.76. The van der Waals surface area contributed by atoms with Gasteiger partial charge in [0.2, 0.25) is 0 Å². The second kappa shape index (κ2) is 4.43. The predicted molar refractivity (Wildman–Crippen MR) is 66.7 cm³/mol. The summed E-state index contributed by atoms with van der Waals surface area (Å²) >= 11 is 4.97. The molecule has 0 radical (unpaired) electrons. The molecule has 0 saturated carbocycles. The fourth-order valence-corrected chi connectivity index (χ4v) is 2.47. The summed E-state index contributed by atoms with van der Waals surface area (Å²) in [6.07, 6.45) is 1.07. The molecule has 98 valence electrons. The van der Waals surface area contributed by atoms with Gasteiger partial charge in [0.25, 0.3) is 0 Å². The maximum absolute atomic E-state index is 13.7. The van der Waals surface area contributed by atoms with E-state index in [1.807, 2.05) is 0 Å². The van der Waals surface area contributed by atoms with Crippen LogP contribution in [-0.2, 0) is 16.4 Å². The Balaban J connectivity index is 2.59. The van der Waals surface area contributed by atoms with Crippen molar-refractivity contribution in [2.24, 2.45) is 0 Å². The highest BCUT2D eigenvalue weighted by Crippen LogP contribution is 2.20. The molecule has 0 aliphatic rings. The molecule has 1 aromatic heterocycles. The van der Waals surface area contributed by atoms with Crippen molar-refractivity contribution in [2.75, 3.05) is 12.0 Å². The third kappa shape index (κ3) is 2.44. The van der Waals surface area contributed by atoms with Crippen LogP contribution in [-0.4, -0.2) is 30.0 Å². The smallest absolute Gasteiger partial charge is 0.184 e. The Morgan fingerprint density at radius 3 is 2.67 bits per heavy atom. The Morgan fingerprint density at radius 1 is 1.39 bits per heavy atom. The summed E-state index contributed by atoms with van der Waals surface area (Å²) in [7, 11) is -3.21. The fraction of sp³-hybridized carbons (Fsp3) is 0.300. The number of hydrogen-bond acceptors (Lipinski definition) is 3. The molecule has 4 nitrogen and oxygen atoms in total. The predicted octanol–water partition coefficient (Wildman–Crippen LogP) is 2.02. The van der Waals surface area contributed by atoms with E-state index in [9.17, 15) is 17.2 Å². The van der Waals surface area contributed by atoms with Crippen LogP contribution in [0.15, 0.2) is 12.1 Å². The van der Waals surface area contributed by atoms with Crippen molar-refractivity contribution in [1.29, 1.82) is 0 Å². The van der Waals surface area contributed by atoms with Crippen molar-refractivity contribution in [3.8, 4) is 0 Å². The normalized spacial score (nSPS) is 12.2. The molecular weight excluding hydrogens is 282 g/mol. The van der Waals surface area contributed by atoms with E-state index in [4.69, 9.17) is 12.2 Å². The van der Waals surface area contributed by atoms with Gasteiger partial charge < -0.3 is 9.55 Å². The molecule has 1 N–H and O–H groups in total. The third-order valence-electron chi connectivity index (χ3n) is 2.51. The van der Waals surface area contributed by atoms with Gasteiger partial charge in [-0.25, -0.2) is 17.2 Å². The van der Waals surface area contributed by atoms with E-state index in [0.717, 1.165) is 12.3 Å². The SMILES string of the molecule is CS(=O)(=O)CCn1c(=S)[nH]c2ccc(F)c(F)c21. The summed E-state index contributed by atoms with van der Waals surface area (Å²) in [6.45, 7) is -0.0158. The molecule has 18 heavy (non-hydrogen) atoms. The zero-order chi connectivity index (χ0) is 13.5. The molecule has 2 rings (SSSR count). The van der Waals surface area contributed by atoms with Crippen LogP contribution in [0.1, 0.15) is 0 Å². The van der Waals surface area contributed by atoms with E-state index in [-0.39, 0.29) is 22.6 Å². The Kier molecular flexibility index (Phi) is 3.24. The highest BCUT2D eigenvalue weighted by atomic mass is 32.2. The number of imidazole rings is 1. The van der Waals surface area contributed by atoms with E-state index >= 15 is 0 Å². The Hall–Kier alpha value is -1.28. The van der Waals surface area contributed by atoms with Crippen molar-refractivity contribution in [1.82, 2.24) is 9.55 Å². The first-order valence-corrected chi connectivity index (χ1v) is 7.51. The van der Waals surface area contributed by atoms with Gasteiger partial charge in [0.15, 0.2) is 16.4 Å². The average Bonchev–Trinajstić information content (AvgIpc) is 2.57. The minimum Gasteiger partial charge on any atom is -0.330 e. The average molecular weight is 292 g/mol. The van der Waals surface area contributed by atoms with Crippen LogP contribution in [0.25, 0.3) is 11.0 Å². The molecule has 0 fully saturated rings. The van der Waals surface area contributed by atoms with Crippen LogP contribution in [0, 0.1) is 16.4 Å². The highest BCUT2D eigenvalue weighted by Gasteiger charge is 2.14. The molecule has 8 heteroatoms. The summed E-state index contributed by atoms with van der Waals surface area (Å²) in [5.74, 6) is -2.22. The summed E-state index contributed by atoms with van der Waals surface area (Å²) in [4.78, 5) is 2.71. The summed E-state index contributed by atoms with van der Waals surface area (Å²) in [5.41, 5.74) is 0.302. The standard InChI is InChI=1S/C10H10F2N2O2S2/c1-18(15,16)5-4-14-9-7(13-10(14)17)3-2-6(11)8(9)12/h2-3H,4-5H2,1H3,(H,13,17). The molecular formula is C10H10F2N2O2S2. The second-order valence-electron chi connectivity index (χ2n) is 3.97. The lowest BCUT2D eigenvalue weighted by atomic mass is 10.3. The number of fused-ring (bicyclic) bond motifs is 1. The zero-order valence-corrected chi connectivity index (χ0v) is 11.0. The van der Waals surface area contributed by atoms with Crippen LogP contribution >= 0.6 is 12.2 Å². The van der Waals surface area contributed by atoms with Crippen molar-refractivity contribution in [3.63, 3.8) is 0 Å². The molecule has 1 aromatic carbocycles. The Labute approximate surface area is 107 Å². The van der Waals surface area contributed by atoms with Gasteiger partial charge in [0, 0.05) is 12.8 Å². The van der Waals surface area contributed by atoms with E-state index in [0.29, 0.717) is 5.52 Å².